The minimum atomic E-state index is -1.90. The SMILES string of the molecule is CC(C)C(C)Cc1cc(-c2[c-]cccc2)nc[c]1[Ge]([CH3])([CH3])[CH3].Cc1c[c-]c(-c2nc3ccccc3n2-c2cccc3c2oc2ccccc23)c2sc3nc(F)ccc3c12.[Ir]. The number of fused-ring (bicyclic) bond motifs is 7. The number of rotatable bonds is 7. The Hall–Kier alpha value is -4.99. The van der Waals surface area contributed by atoms with Gasteiger partial charge in [0.05, 0.1) is 22.5 Å². The molecule has 0 saturated carbocycles. The molecule has 1 radical (unpaired) electrons. The van der Waals surface area contributed by atoms with Crippen molar-refractivity contribution in [1.29, 1.82) is 0 Å². The Bertz CT molecular complexity index is 3160. The van der Waals surface area contributed by atoms with Gasteiger partial charge in [0, 0.05) is 36.3 Å². The summed E-state index contributed by atoms with van der Waals surface area (Å²) in [4.78, 5) is 14.7. The molecule has 0 saturated heterocycles. The molecular formula is C51H45FGeIrN4OS-2. The summed E-state index contributed by atoms with van der Waals surface area (Å²) in [5.74, 6) is 9.04. The molecule has 5 aromatic heterocycles. The van der Waals surface area contributed by atoms with Crippen molar-refractivity contribution in [1.82, 2.24) is 19.5 Å². The zero-order valence-corrected chi connectivity index (χ0v) is 40.0. The van der Waals surface area contributed by atoms with Crippen LogP contribution in [0.5, 0.6) is 0 Å². The van der Waals surface area contributed by atoms with E-state index in [9.17, 15) is 4.39 Å². The Balaban J connectivity index is 0.000000187. The molecule has 0 aliphatic rings. The summed E-state index contributed by atoms with van der Waals surface area (Å²) in [6.45, 7) is 9.04. The fourth-order valence-corrected chi connectivity index (χ4v) is 12.5. The quantitative estimate of drug-likeness (QED) is 0.0907. The summed E-state index contributed by atoms with van der Waals surface area (Å²) in [5.41, 5.74) is 9.98. The van der Waals surface area contributed by atoms with Crippen LogP contribution < -0.4 is 4.40 Å². The first-order chi connectivity index (χ1) is 28.5. The van der Waals surface area contributed by atoms with Crippen LogP contribution in [0, 0.1) is 36.8 Å². The van der Waals surface area contributed by atoms with Gasteiger partial charge in [-0.3, -0.25) is 4.98 Å². The number of benzene rings is 5. The zero-order valence-electron chi connectivity index (χ0n) is 34.7. The van der Waals surface area contributed by atoms with E-state index in [-0.39, 0.29) is 20.1 Å². The number of halogens is 1. The van der Waals surface area contributed by atoms with Crippen LogP contribution >= 0.6 is 11.3 Å². The third-order valence-electron chi connectivity index (χ3n) is 11.4. The van der Waals surface area contributed by atoms with Gasteiger partial charge in [0.15, 0.2) is 5.58 Å². The average Bonchev–Trinajstić information content (AvgIpc) is 3.93. The molecule has 10 rings (SSSR count). The summed E-state index contributed by atoms with van der Waals surface area (Å²) in [7, 11) is 0. The number of thiophene rings is 1. The number of pyridine rings is 2. The second-order valence-corrected chi connectivity index (χ2v) is 28.4. The fourth-order valence-electron chi connectivity index (χ4n) is 7.98. The van der Waals surface area contributed by atoms with Crippen LogP contribution in [0.2, 0.25) is 17.3 Å². The van der Waals surface area contributed by atoms with Crippen molar-refractivity contribution < 1.29 is 28.9 Å². The molecule has 0 bridgehead atoms. The van der Waals surface area contributed by atoms with Gasteiger partial charge in [-0.1, -0.05) is 60.3 Å². The first-order valence-electron chi connectivity index (χ1n) is 20.2. The molecule has 1 atom stereocenters. The fraction of sp³-hybridized carbons (Fsp3) is 0.196. The first kappa shape index (κ1) is 41.7. The number of nitrogens with zero attached hydrogens (tertiary/aromatic N) is 4. The molecule has 0 fully saturated rings. The molecular weight excluding hydrogens is 1000 g/mol. The molecule has 0 aliphatic heterocycles. The minimum Gasteiger partial charge on any atom is -0.454 e. The van der Waals surface area contributed by atoms with E-state index in [1.165, 1.54) is 23.0 Å². The van der Waals surface area contributed by atoms with Crippen molar-refractivity contribution in [3.63, 3.8) is 0 Å². The number of imidazole rings is 1. The van der Waals surface area contributed by atoms with Crippen LogP contribution in [0.1, 0.15) is 31.9 Å². The van der Waals surface area contributed by atoms with E-state index in [2.05, 4.69) is 121 Å². The molecule has 1 unspecified atom stereocenters. The molecule has 5 heterocycles. The molecule has 0 amide bonds. The van der Waals surface area contributed by atoms with Gasteiger partial charge < -0.3 is 8.98 Å². The Kier molecular flexibility index (Phi) is 11.7. The molecule has 9 heteroatoms. The maximum atomic E-state index is 14.0. The Morgan fingerprint density at radius 1 is 0.833 bits per heavy atom. The van der Waals surface area contributed by atoms with Crippen molar-refractivity contribution in [3.05, 3.63) is 151 Å². The first-order valence-corrected chi connectivity index (χ1v) is 28.4. The van der Waals surface area contributed by atoms with Crippen LogP contribution in [0.15, 0.2) is 126 Å². The minimum absolute atomic E-state index is 0. The van der Waals surface area contributed by atoms with Crippen LogP contribution in [0.3, 0.4) is 0 Å². The average molecular weight is 1050 g/mol. The van der Waals surface area contributed by atoms with Crippen LogP contribution in [-0.2, 0) is 26.5 Å². The van der Waals surface area contributed by atoms with Gasteiger partial charge in [-0.2, -0.15) is 15.7 Å². The van der Waals surface area contributed by atoms with Crippen LogP contribution in [0.4, 0.5) is 4.39 Å². The second kappa shape index (κ2) is 16.8. The van der Waals surface area contributed by atoms with Gasteiger partial charge in [0.2, 0.25) is 5.95 Å². The second-order valence-electron chi connectivity index (χ2n) is 16.8. The standard InChI is InChI=1S/C31H17FN3OS.C20H28GeN.Ir/c1-17-13-14-21(29-27(17)20-15-16-26(32)34-31(20)37-29)30-33-22-9-3-4-10-23(22)35(30)24-11-6-8-19-18-7-2-5-12-25(18)36-28(19)24;1-15(2)16(3)12-18-13-20(17-10-8-7-9-11-17)22-14-19(18)21(4,5)6;/h2-13,15-16H,1H3;7-10,13-16H,12H2,1-6H3;/q2*-1;. The number of aryl methyl sites for hydroxylation is 1. The maximum Gasteiger partial charge on any atom is 0.214 e. The molecule has 5 nitrogen and oxygen atoms in total. The van der Waals surface area contributed by atoms with E-state index in [1.54, 1.807) is 4.40 Å². The normalized spacial score (nSPS) is 12.3. The number of aromatic nitrogens is 4. The predicted molar refractivity (Wildman–Crippen MR) is 247 cm³/mol. The summed E-state index contributed by atoms with van der Waals surface area (Å²) < 4.78 is 25.1. The molecule has 60 heavy (non-hydrogen) atoms. The van der Waals surface area contributed by atoms with E-state index in [0.29, 0.717) is 16.7 Å². The van der Waals surface area contributed by atoms with Crippen molar-refractivity contribution in [2.45, 2.75) is 51.4 Å². The number of furan rings is 1. The molecule has 0 N–H and O–H groups in total. The van der Waals surface area contributed by atoms with Gasteiger partial charge in [0.25, 0.3) is 0 Å². The Morgan fingerprint density at radius 3 is 2.38 bits per heavy atom. The van der Waals surface area contributed by atoms with Crippen molar-refractivity contribution in [2.75, 3.05) is 0 Å². The molecule has 0 aliphatic carbocycles. The van der Waals surface area contributed by atoms with Gasteiger partial charge in [-0.25, -0.2) is 4.98 Å². The van der Waals surface area contributed by atoms with Gasteiger partial charge in [-0.05, 0) is 41.1 Å². The van der Waals surface area contributed by atoms with E-state index in [0.717, 1.165) is 88.8 Å². The summed E-state index contributed by atoms with van der Waals surface area (Å²) in [6, 6.07) is 44.8. The molecule has 10 aromatic rings. The number of hydrogen-bond donors (Lipinski definition) is 0. The molecule has 303 valence electrons. The van der Waals surface area contributed by atoms with Crippen molar-refractivity contribution >= 4 is 82.3 Å². The zero-order chi connectivity index (χ0) is 41.0. The third-order valence-corrected chi connectivity index (χ3v) is 16.9. The summed E-state index contributed by atoms with van der Waals surface area (Å²) in [6.07, 6.45) is 3.30. The molecule has 5 aromatic carbocycles. The number of hydrogen-bond acceptors (Lipinski definition) is 5. The third kappa shape index (κ3) is 7.75. The maximum absolute atomic E-state index is 14.0. The van der Waals surface area contributed by atoms with Crippen LogP contribution in [-0.4, -0.2) is 32.8 Å². The molecule has 0 spiro atoms. The van der Waals surface area contributed by atoms with Crippen molar-refractivity contribution in [2.24, 2.45) is 11.8 Å². The van der Waals surface area contributed by atoms with Gasteiger partial charge in [-0.15, -0.1) is 17.7 Å². The summed E-state index contributed by atoms with van der Waals surface area (Å²) in [5, 5.41) is 4.13. The summed E-state index contributed by atoms with van der Waals surface area (Å²) >= 11 is -0.427. The Morgan fingerprint density at radius 2 is 1.60 bits per heavy atom. The topological polar surface area (TPSA) is 56.7 Å². The van der Waals surface area contributed by atoms with E-state index < -0.39 is 19.2 Å². The van der Waals surface area contributed by atoms with E-state index >= 15 is 0 Å². The Labute approximate surface area is 370 Å². The predicted octanol–water partition coefficient (Wildman–Crippen LogP) is 13.5. The monoisotopic (exact) mass is 1050 g/mol. The van der Waals surface area contributed by atoms with Crippen LogP contribution in [0.25, 0.3) is 81.6 Å². The van der Waals surface area contributed by atoms with Gasteiger partial charge >= 0.3 is 138 Å². The van der Waals surface area contributed by atoms with Gasteiger partial charge in [0.1, 0.15) is 10.4 Å². The largest absolute Gasteiger partial charge is 0.454 e. The number of para-hydroxylation sites is 4. The van der Waals surface area contributed by atoms with E-state index in [4.69, 9.17) is 14.4 Å². The van der Waals surface area contributed by atoms with E-state index in [1.807, 2.05) is 60.7 Å². The van der Waals surface area contributed by atoms with Crippen molar-refractivity contribution in [3.8, 4) is 28.3 Å². The smallest absolute Gasteiger partial charge is 0.214 e.